The normalized spacial score (nSPS) is 26.2. The van der Waals surface area contributed by atoms with Gasteiger partial charge in [0.2, 0.25) is 10.0 Å². The maximum atomic E-state index is 12.4. The topological polar surface area (TPSA) is 46.2 Å². The Morgan fingerprint density at radius 3 is 2.17 bits per heavy atom. The smallest absolute Gasteiger partial charge is 0.212 e. The molecule has 0 aromatic rings. The fourth-order valence-electron chi connectivity index (χ4n) is 2.10. The van der Waals surface area contributed by atoms with Gasteiger partial charge in [-0.05, 0) is 32.1 Å². The lowest BCUT2D eigenvalue weighted by atomic mass is 9.86. The van der Waals surface area contributed by atoms with Gasteiger partial charge in [0, 0.05) is 11.9 Å². The summed E-state index contributed by atoms with van der Waals surface area (Å²) in [5.41, 5.74) is 0. The average Bonchev–Trinajstić information content (AvgIpc) is 2.25. The first-order chi connectivity index (χ1) is 8.24. The number of halogens is 4. The number of nitrogens with one attached hydrogen (secondary N) is 1. The Bertz CT molecular complexity index is 351. The van der Waals surface area contributed by atoms with Crippen LogP contribution in [0.2, 0.25) is 0 Å². The third-order valence-electron chi connectivity index (χ3n) is 3.08. The molecular formula is C10H17ClF3NO2S. The summed E-state index contributed by atoms with van der Waals surface area (Å²) in [4.78, 5) is 0. The molecule has 0 aromatic carbocycles. The molecule has 108 valence electrons. The first kappa shape index (κ1) is 16.0. The molecule has 1 aliphatic rings. The molecule has 0 spiro atoms. The third-order valence-corrected chi connectivity index (χ3v) is 4.87. The number of sulfonamides is 1. The van der Waals surface area contributed by atoms with Crippen LogP contribution in [0.3, 0.4) is 0 Å². The lowest BCUT2D eigenvalue weighted by Gasteiger charge is -2.30. The Morgan fingerprint density at radius 1 is 1.17 bits per heavy atom. The van der Waals surface area contributed by atoms with E-state index in [1.54, 1.807) is 0 Å². The monoisotopic (exact) mass is 307 g/mol. The highest BCUT2D eigenvalue weighted by molar-refractivity contribution is 7.89. The predicted octanol–water partition coefficient (Wildman–Crippen LogP) is 2.66. The highest BCUT2D eigenvalue weighted by Crippen LogP contribution is 2.37. The van der Waals surface area contributed by atoms with Crippen LogP contribution in [0, 0.1) is 5.92 Å². The van der Waals surface area contributed by atoms with Gasteiger partial charge in [0.1, 0.15) is 0 Å². The molecule has 0 bridgehead atoms. The molecule has 1 fully saturated rings. The summed E-state index contributed by atoms with van der Waals surface area (Å²) in [6, 6.07) is -0.371. The largest absolute Gasteiger partial charge is 0.391 e. The van der Waals surface area contributed by atoms with E-state index in [1.165, 1.54) is 0 Å². The maximum Gasteiger partial charge on any atom is 0.391 e. The standard InChI is InChI=1S/C10H17ClF3NO2S/c11-6-1-7-18(16,17)15-9-4-2-8(3-5-9)10(12,13)14/h8-9,15H,1-7H2. The van der Waals surface area contributed by atoms with Crippen molar-refractivity contribution in [1.29, 1.82) is 0 Å². The predicted molar refractivity (Wildman–Crippen MR) is 64.1 cm³/mol. The molecule has 18 heavy (non-hydrogen) atoms. The summed E-state index contributed by atoms with van der Waals surface area (Å²) in [5, 5.41) is 0. The summed E-state index contributed by atoms with van der Waals surface area (Å²) in [5.74, 6) is -1.11. The highest BCUT2D eigenvalue weighted by Gasteiger charge is 2.41. The SMILES string of the molecule is O=S(=O)(CCCCl)NC1CCC(C(F)(F)F)CC1. The molecule has 1 aliphatic carbocycles. The van der Waals surface area contributed by atoms with Gasteiger partial charge in [-0.1, -0.05) is 0 Å². The van der Waals surface area contributed by atoms with Crippen LogP contribution in [0.15, 0.2) is 0 Å². The van der Waals surface area contributed by atoms with Gasteiger partial charge in [-0.25, -0.2) is 13.1 Å². The summed E-state index contributed by atoms with van der Waals surface area (Å²) < 4.78 is 62.8. The quantitative estimate of drug-likeness (QED) is 0.794. The van der Waals surface area contributed by atoms with Crippen molar-refractivity contribution < 1.29 is 21.6 Å². The van der Waals surface area contributed by atoms with Gasteiger partial charge in [-0.2, -0.15) is 13.2 Å². The van der Waals surface area contributed by atoms with Crippen LogP contribution in [0.25, 0.3) is 0 Å². The van der Waals surface area contributed by atoms with E-state index in [0.29, 0.717) is 6.42 Å². The number of hydrogen-bond acceptors (Lipinski definition) is 2. The second-order valence-corrected chi connectivity index (χ2v) is 6.82. The summed E-state index contributed by atoms with van der Waals surface area (Å²) in [6.45, 7) is 0. The molecule has 1 N–H and O–H groups in total. The van der Waals surface area contributed by atoms with Crippen molar-refractivity contribution in [3.05, 3.63) is 0 Å². The molecule has 0 saturated heterocycles. The molecule has 0 heterocycles. The van der Waals surface area contributed by atoms with Gasteiger partial charge >= 0.3 is 6.18 Å². The van der Waals surface area contributed by atoms with E-state index in [2.05, 4.69) is 4.72 Å². The van der Waals surface area contributed by atoms with Crippen LogP contribution < -0.4 is 4.72 Å². The Kier molecular flexibility index (Phi) is 5.73. The summed E-state index contributed by atoms with van der Waals surface area (Å²) >= 11 is 5.40. The second kappa shape index (κ2) is 6.43. The van der Waals surface area contributed by atoms with Crippen molar-refractivity contribution in [1.82, 2.24) is 4.72 Å². The van der Waals surface area contributed by atoms with E-state index >= 15 is 0 Å². The zero-order valence-electron chi connectivity index (χ0n) is 9.84. The molecule has 1 rings (SSSR count). The first-order valence-corrected chi connectivity index (χ1v) is 8.06. The van der Waals surface area contributed by atoms with Crippen LogP contribution >= 0.6 is 11.6 Å². The number of alkyl halides is 4. The Balaban J connectivity index is 2.40. The summed E-state index contributed by atoms with van der Waals surface area (Å²) in [6.07, 6.45) is -3.36. The lowest BCUT2D eigenvalue weighted by molar-refractivity contribution is -0.182. The molecule has 0 atom stereocenters. The van der Waals surface area contributed by atoms with E-state index < -0.39 is 22.1 Å². The van der Waals surface area contributed by atoms with Gasteiger partial charge in [0.25, 0.3) is 0 Å². The molecule has 0 aliphatic heterocycles. The van der Waals surface area contributed by atoms with Crippen molar-refractivity contribution in [2.75, 3.05) is 11.6 Å². The van der Waals surface area contributed by atoms with Crippen LogP contribution in [-0.4, -0.2) is 32.3 Å². The zero-order chi connectivity index (χ0) is 13.8. The second-order valence-electron chi connectivity index (χ2n) is 4.57. The molecule has 0 amide bonds. The van der Waals surface area contributed by atoms with Crippen molar-refractivity contribution in [2.24, 2.45) is 5.92 Å². The van der Waals surface area contributed by atoms with Crippen LogP contribution in [-0.2, 0) is 10.0 Å². The van der Waals surface area contributed by atoms with Crippen molar-refractivity contribution in [3.8, 4) is 0 Å². The van der Waals surface area contributed by atoms with Crippen LogP contribution in [0.1, 0.15) is 32.1 Å². The van der Waals surface area contributed by atoms with E-state index in [4.69, 9.17) is 11.6 Å². The fraction of sp³-hybridized carbons (Fsp3) is 1.00. The molecule has 0 radical (unpaired) electrons. The Hall–Kier alpha value is -0.0100. The molecule has 0 unspecified atom stereocenters. The van der Waals surface area contributed by atoms with E-state index in [0.717, 1.165) is 0 Å². The molecule has 0 aromatic heterocycles. The van der Waals surface area contributed by atoms with Gasteiger partial charge in [0.15, 0.2) is 0 Å². The summed E-state index contributed by atoms with van der Waals surface area (Å²) in [7, 11) is -3.41. The van der Waals surface area contributed by atoms with Crippen molar-refractivity contribution in [2.45, 2.75) is 44.3 Å². The minimum atomic E-state index is -4.16. The molecule has 3 nitrogen and oxygen atoms in total. The first-order valence-electron chi connectivity index (χ1n) is 5.87. The van der Waals surface area contributed by atoms with Gasteiger partial charge in [0.05, 0.1) is 11.7 Å². The third kappa shape index (κ3) is 5.32. The maximum absolute atomic E-state index is 12.4. The van der Waals surface area contributed by atoms with Crippen LogP contribution in [0.5, 0.6) is 0 Å². The van der Waals surface area contributed by atoms with E-state index in [9.17, 15) is 21.6 Å². The Labute approximate surface area is 110 Å². The van der Waals surface area contributed by atoms with E-state index in [1.807, 2.05) is 0 Å². The Morgan fingerprint density at radius 2 is 1.72 bits per heavy atom. The van der Waals surface area contributed by atoms with Gasteiger partial charge < -0.3 is 0 Å². The zero-order valence-corrected chi connectivity index (χ0v) is 11.4. The highest BCUT2D eigenvalue weighted by atomic mass is 35.5. The van der Waals surface area contributed by atoms with Crippen LogP contribution in [0.4, 0.5) is 13.2 Å². The fourth-order valence-corrected chi connectivity index (χ4v) is 3.77. The molecule has 8 heteroatoms. The number of rotatable bonds is 5. The minimum Gasteiger partial charge on any atom is -0.212 e. The number of hydrogen-bond donors (Lipinski definition) is 1. The molecular weight excluding hydrogens is 291 g/mol. The van der Waals surface area contributed by atoms with Crippen molar-refractivity contribution in [3.63, 3.8) is 0 Å². The van der Waals surface area contributed by atoms with Gasteiger partial charge in [-0.15, -0.1) is 11.6 Å². The average molecular weight is 308 g/mol. The molecule has 1 saturated carbocycles. The van der Waals surface area contributed by atoms with Gasteiger partial charge in [-0.3, -0.25) is 0 Å². The van der Waals surface area contributed by atoms with E-state index in [-0.39, 0.29) is 43.4 Å². The minimum absolute atomic E-state index is 0.00775. The van der Waals surface area contributed by atoms with Crippen molar-refractivity contribution >= 4 is 21.6 Å². The lowest BCUT2D eigenvalue weighted by Crippen LogP contribution is -2.40.